The Balaban J connectivity index is 1.61. The number of likely N-dealkylation sites (tertiary alicyclic amines) is 1. The summed E-state index contributed by atoms with van der Waals surface area (Å²) in [7, 11) is 0. The highest BCUT2D eigenvalue weighted by Crippen LogP contribution is 2.36. The molecule has 3 heterocycles. The molecule has 0 spiro atoms. The second-order valence-electron chi connectivity index (χ2n) is 6.41. The predicted octanol–water partition coefficient (Wildman–Crippen LogP) is 2.30. The summed E-state index contributed by atoms with van der Waals surface area (Å²) in [4.78, 5) is 15.3. The van der Waals surface area contributed by atoms with E-state index in [4.69, 9.17) is 0 Å². The van der Waals surface area contributed by atoms with Crippen molar-refractivity contribution >= 4 is 5.91 Å². The van der Waals surface area contributed by atoms with Gasteiger partial charge in [-0.05, 0) is 41.7 Å². The summed E-state index contributed by atoms with van der Waals surface area (Å²) in [6.45, 7) is 1.64. The molecule has 1 aromatic carbocycles. The molecule has 4 rings (SSSR count). The Bertz CT molecular complexity index is 683. The van der Waals surface area contributed by atoms with Crippen molar-refractivity contribution in [2.45, 2.75) is 50.6 Å². The van der Waals surface area contributed by atoms with Gasteiger partial charge in [0.2, 0.25) is 5.91 Å². The highest BCUT2D eigenvalue weighted by molar-refractivity contribution is 5.83. The summed E-state index contributed by atoms with van der Waals surface area (Å²) in [6.07, 6.45) is 5.00. The Morgan fingerprint density at radius 2 is 1.91 bits per heavy atom. The number of carbonyl (C=O) groups excluding carboxylic acids is 1. The number of aromatic nitrogens is 4. The number of benzene rings is 1. The van der Waals surface area contributed by atoms with Gasteiger partial charge < -0.3 is 4.90 Å². The molecule has 2 aliphatic heterocycles. The normalized spacial score (nSPS) is 24.3. The van der Waals surface area contributed by atoms with E-state index in [0.717, 1.165) is 51.0 Å². The van der Waals surface area contributed by atoms with Crippen molar-refractivity contribution in [2.24, 2.45) is 0 Å². The molecule has 23 heavy (non-hydrogen) atoms. The van der Waals surface area contributed by atoms with Crippen LogP contribution in [0.4, 0.5) is 0 Å². The molecule has 2 aliphatic rings. The number of rotatable bonds is 2. The van der Waals surface area contributed by atoms with Gasteiger partial charge in [0, 0.05) is 13.1 Å². The molecule has 0 N–H and O–H groups in total. The second-order valence-corrected chi connectivity index (χ2v) is 6.41. The van der Waals surface area contributed by atoms with Crippen LogP contribution in [0.3, 0.4) is 0 Å². The lowest BCUT2D eigenvalue weighted by Crippen LogP contribution is -2.35. The molecule has 0 radical (unpaired) electrons. The molecule has 0 bridgehead atoms. The number of hydrogen-bond acceptors (Lipinski definition) is 4. The number of aryl methyl sites for hydroxylation is 1. The molecule has 6 heteroatoms. The molecule has 0 aliphatic carbocycles. The van der Waals surface area contributed by atoms with Gasteiger partial charge >= 0.3 is 0 Å². The van der Waals surface area contributed by atoms with E-state index < -0.39 is 0 Å². The summed E-state index contributed by atoms with van der Waals surface area (Å²) in [5, 5.41) is 12.0. The monoisotopic (exact) mass is 311 g/mol. The number of fused-ring (bicyclic) bond motifs is 1. The fraction of sp³-hybridized carbons (Fsp3) is 0.529. The van der Waals surface area contributed by atoms with Crippen LogP contribution in [-0.4, -0.2) is 37.6 Å². The molecule has 1 aromatic heterocycles. The quantitative estimate of drug-likeness (QED) is 0.853. The standard InChI is InChI=1S/C17H21N5O/c23-17(14-9-4-5-12-22-16(14)18-19-20-22)21-11-6-10-15(21)13-7-2-1-3-8-13/h1-3,7-8,14-15H,4-6,9-12H2/t14-,15+/m0/s1. The summed E-state index contributed by atoms with van der Waals surface area (Å²) < 4.78 is 1.81. The van der Waals surface area contributed by atoms with Gasteiger partial charge in [-0.3, -0.25) is 4.79 Å². The minimum atomic E-state index is -0.197. The van der Waals surface area contributed by atoms with E-state index in [1.807, 2.05) is 27.8 Å². The fourth-order valence-electron chi connectivity index (χ4n) is 3.85. The molecule has 0 saturated carbocycles. The van der Waals surface area contributed by atoms with Gasteiger partial charge in [0.15, 0.2) is 5.82 Å². The molecule has 1 saturated heterocycles. The van der Waals surface area contributed by atoms with Crippen molar-refractivity contribution in [3.05, 3.63) is 41.7 Å². The van der Waals surface area contributed by atoms with Crippen molar-refractivity contribution in [2.75, 3.05) is 6.54 Å². The third-order valence-corrected chi connectivity index (χ3v) is 5.00. The third kappa shape index (κ3) is 2.62. The van der Waals surface area contributed by atoms with Crippen LogP contribution in [0, 0.1) is 0 Å². The number of hydrogen-bond donors (Lipinski definition) is 0. The van der Waals surface area contributed by atoms with E-state index in [9.17, 15) is 4.79 Å². The molecule has 1 fully saturated rings. The minimum Gasteiger partial charge on any atom is -0.335 e. The van der Waals surface area contributed by atoms with E-state index in [1.165, 1.54) is 5.56 Å². The first-order valence-electron chi connectivity index (χ1n) is 8.46. The van der Waals surface area contributed by atoms with Crippen molar-refractivity contribution in [3.8, 4) is 0 Å². The summed E-state index contributed by atoms with van der Waals surface area (Å²) in [6, 6.07) is 10.5. The fourth-order valence-corrected chi connectivity index (χ4v) is 3.85. The van der Waals surface area contributed by atoms with E-state index in [1.54, 1.807) is 0 Å². The molecule has 2 atom stereocenters. The first-order valence-corrected chi connectivity index (χ1v) is 8.46. The maximum absolute atomic E-state index is 13.2. The zero-order chi connectivity index (χ0) is 15.6. The third-order valence-electron chi connectivity index (χ3n) is 5.00. The van der Waals surface area contributed by atoms with Crippen molar-refractivity contribution in [1.29, 1.82) is 0 Å². The molecule has 2 aromatic rings. The first-order chi connectivity index (χ1) is 11.3. The van der Waals surface area contributed by atoms with Crippen LogP contribution in [0.1, 0.15) is 55.5 Å². The largest absolute Gasteiger partial charge is 0.335 e. The van der Waals surface area contributed by atoms with E-state index >= 15 is 0 Å². The van der Waals surface area contributed by atoms with Crippen LogP contribution < -0.4 is 0 Å². The van der Waals surface area contributed by atoms with Gasteiger partial charge in [-0.1, -0.05) is 36.8 Å². The van der Waals surface area contributed by atoms with Crippen LogP contribution >= 0.6 is 0 Å². The highest BCUT2D eigenvalue weighted by atomic mass is 16.2. The average Bonchev–Trinajstić information content (AvgIpc) is 3.21. The Labute approximate surface area is 135 Å². The zero-order valence-corrected chi connectivity index (χ0v) is 13.1. The Hall–Kier alpha value is -2.24. The van der Waals surface area contributed by atoms with E-state index in [-0.39, 0.29) is 17.9 Å². The van der Waals surface area contributed by atoms with Gasteiger partial charge in [0.05, 0.1) is 12.0 Å². The Kier molecular flexibility index (Phi) is 3.81. The molecule has 120 valence electrons. The number of nitrogens with zero attached hydrogens (tertiary/aromatic N) is 5. The van der Waals surface area contributed by atoms with Crippen LogP contribution in [-0.2, 0) is 11.3 Å². The van der Waals surface area contributed by atoms with Crippen LogP contribution in [0.5, 0.6) is 0 Å². The average molecular weight is 311 g/mol. The van der Waals surface area contributed by atoms with E-state index in [2.05, 4.69) is 27.7 Å². The van der Waals surface area contributed by atoms with Gasteiger partial charge in [0.25, 0.3) is 0 Å². The smallest absolute Gasteiger partial charge is 0.233 e. The van der Waals surface area contributed by atoms with Gasteiger partial charge in [0.1, 0.15) is 0 Å². The lowest BCUT2D eigenvalue weighted by atomic mass is 9.98. The topological polar surface area (TPSA) is 63.9 Å². The second kappa shape index (κ2) is 6.10. The zero-order valence-electron chi connectivity index (χ0n) is 13.1. The molecular formula is C17H21N5O. The Morgan fingerprint density at radius 1 is 1.04 bits per heavy atom. The van der Waals surface area contributed by atoms with Crippen molar-refractivity contribution < 1.29 is 4.79 Å². The van der Waals surface area contributed by atoms with Crippen LogP contribution in [0.2, 0.25) is 0 Å². The number of amides is 1. The summed E-state index contributed by atoms with van der Waals surface area (Å²) in [5.74, 6) is 0.734. The lowest BCUT2D eigenvalue weighted by Gasteiger charge is -2.28. The summed E-state index contributed by atoms with van der Waals surface area (Å²) in [5.41, 5.74) is 1.23. The molecule has 6 nitrogen and oxygen atoms in total. The Morgan fingerprint density at radius 3 is 2.78 bits per heavy atom. The summed E-state index contributed by atoms with van der Waals surface area (Å²) >= 11 is 0. The van der Waals surface area contributed by atoms with Crippen molar-refractivity contribution in [1.82, 2.24) is 25.1 Å². The van der Waals surface area contributed by atoms with Gasteiger partial charge in [-0.2, -0.15) is 0 Å². The predicted molar refractivity (Wildman–Crippen MR) is 84.5 cm³/mol. The first kappa shape index (κ1) is 14.4. The number of carbonyl (C=O) groups is 1. The van der Waals surface area contributed by atoms with Gasteiger partial charge in [-0.25, -0.2) is 4.68 Å². The minimum absolute atomic E-state index is 0.189. The maximum Gasteiger partial charge on any atom is 0.233 e. The molecule has 1 amide bonds. The van der Waals surface area contributed by atoms with Crippen molar-refractivity contribution in [3.63, 3.8) is 0 Å². The molecule has 0 unspecified atom stereocenters. The highest BCUT2D eigenvalue weighted by Gasteiger charge is 2.37. The lowest BCUT2D eigenvalue weighted by molar-refractivity contribution is -0.134. The molecular weight excluding hydrogens is 290 g/mol. The SMILES string of the molecule is O=C([C@H]1CCCCn2nnnc21)N1CCC[C@@H]1c1ccccc1. The van der Waals surface area contributed by atoms with E-state index in [0.29, 0.717) is 0 Å². The van der Waals surface area contributed by atoms with Crippen LogP contribution in [0.25, 0.3) is 0 Å². The maximum atomic E-state index is 13.2. The van der Waals surface area contributed by atoms with Crippen LogP contribution in [0.15, 0.2) is 30.3 Å². The van der Waals surface area contributed by atoms with Gasteiger partial charge in [-0.15, -0.1) is 5.10 Å². The number of tetrazole rings is 1.